The lowest BCUT2D eigenvalue weighted by Gasteiger charge is -2.41. The van der Waals surface area contributed by atoms with Crippen LogP contribution in [-0.2, 0) is 5.54 Å². The fourth-order valence-electron chi connectivity index (χ4n) is 5.88. The average Bonchev–Trinajstić information content (AvgIpc) is 3.71. The first-order valence-electron chi connectivity index (χ1n) is 14.3. The van der Waals surface area contributed by atoms with Crippen molar-refractivity contribution in [2.45, 2.75) is 50.4 Å². The number of likely N-dealkylation sites (N-methyl/N-ethyl adjacent to an activating group) is 1. The number of carbonyl (C=O) groups is 1. The van der Waals surface area contributed by atoms with E-state index in [0.29, 0.717) is 11.6 Å². The minimum Gasteiger partial charge on any atom is -0.494 e. The zero-order valence-electron chi connectivity index (χ0n) is 23.8. The van der Waals surface area contributed by atoms with Gasteiger partial charge in [0.2, 0.25) is 0 Å². The molecule has 2 aliphatic rings. The van der Waals surface area contributed by atoms with Crippen LogP contribution in [0.3, 0.4) is 0 Å². The summed E-state index contributed by atoms with van der Waals surface area (Å²) >= 11 is 0. The van der Waals surface area contributed by atoms with Gasteiger partial charge < -0.3 is 15.0 Å². The third-order valence-corrected chi connectivity index (χ3v) is 9.54. The van der Waals surface area contributed by atoms with Crippen molar-refractivity contribution in [1.29, 1.82) is 0 Å². The summed E-state index contributed by atoms with van der Waals surface area (Å²) in [7, 11) is 3.09. The van der Waals surface area contributed by atoms with Crippen LogP contribution in [0.25, 0.3) is 23.1 Å². The van der Waals surface area contributed by atoms with Gasteiger partial charge in [0.1, 0.15) is 5.75 Å². The smallest absolute Gasteiger partial charge is 0.252 e. The summed E-state index contributed by atoms with van der Waals surface area (Å²) in [6.07, 6.45) is 9.09. The van der Waals surface area contributed by atoms with Crippen LogP contribution < -0.4 is 10.1 Å². The lowest BCUT2D eigenvalue weighted by atomic mass is 9.95. The van der Waals surface area contributed by atoms with Crippen molar-refractivity contribution in [3.05, 3.63) is 106 Å². The largest absolute Gasteiger partial charge is 0.494 e. The number of aromatic nitrogens is 1. The van der Waals surface area contributed by atoms with Crippen molar-refractivity contribution in [2.24, 2.45) is 0 Å². The summed E-state index contributed by atoms with van der Waals surface area (Å²) in [6, 6.07) is 23.3. The topological polar surface area (TPSA) is 54.5 Å². The molecule has 2 heterocycles. The number of aryl methyl sites for hydroxylation is 2. The van der Waals surface area contributed by atoms with Crippen LogP contribution in [0.2, 0.25) is 0 Å². The molecule has 1 aromatic heterocycles. The number of pyridine rings is 1. The first-order chi connectivity index (χ1) is 19.3. The molecule has 0 spiro atoms. The second kappa shape index (κ2) is 10.7. The molecule has 1 aliphatic heterocycles. The molecule has 204 valence electrons. The molecule has 6 heteroatoms. The third kappa shape index (κ3) is 5.34. The molecule has 2 atom stereocenters. The van der Waals surface area contributed by atoms with Crippen LogP contribution in [0, 0.1) is 13.8 Å². The molecule has 0 bridgehead atoms. The number of ether oxygens (including phenoxy) is 1. The van der Waals surface area contributed by atoms with E-state index in [1.54, 1.807) is 0 Å². The summed E-state index contributed by atoms with van der Waals surface area (Å²) in [6.45, 7) is 5.23. The van der Waals surface area contributed by atoms with Gasteiger partial charge in [-0.25, -0.2) is 0 Å². The van der Waals surface area contributed by atoms with Crippen molar-refractivity contribution in [2.75, 3.05) is 13.6 Å². The van der Waals surface area contributed by atoms with Crippen LogP contribution in [0.5, 0.6) is 5.75 Å². The average molecular weight is 548 g/mol. The predicted molar refractivity (Wildman–Crippen MR) is 167 cm³/mol. The van der Waals surface area contributed by atoms with Crippen molar-refractivity contribution >= 4 is 39.2 Å². The van der Waals surface area contributed by atoms with Gasteiger partial charge in [0.15, 0.2) is 0 Å². The predicted octanol–water partition coefficient (Wildman–Crippen LogP) is 5.22. The normalized spacial score (nSPS) is 18.9. The number of hydrogen-bond donors (Lipinski definition) is 1. The Morgan fingerprint density at radius 3 is 2.62 bits per heavy atom. The number of benzene rings is 3. The monoisotopic (exact) mass is 547 g/mol. The minimum atomic E-state index is -0.399. The highest BCUT2D eigenvalue weighted by atomic mass is 28.1. The molecular weight excluding hydrogens is 510 g/mol. The van der Waals surface area contributed by atoms with E-state index in [4.69, 9.17) is 4.74 Å². The molecule has 5 nitrogen and oxygen atoms in total. The van der Waals surface area contributed by atoms with Gasteiger partial charge >= 0.3 is 0 Å². The van der Waals surface area contributed by atoms with E-state index in [9.17, 15) is 4.79 Å². The Hall–Kier alpha value is -3.74. The molecule has 1 N–H and O–H groups in total. The second-order valence-corrected chi connectivity index (χ2v) is 12.7. The Kier molecular flexibility index (Phi) is 7.07. The van der Waals surface area contributed by atoms with Gasteiger partial charge in [-0.1, -0.05) is 54.1 Å². The fourth-order valence-corrected chi connectivity index (χ4v) is 6.99. The van der Waals surface area contributed by atoms with Gasteiger partial charge in [-0.3, -0.25) is 9.78 Å². The summed E-state index contributed by atoms with van der Waals surface area (Å²) < 4.78 is 6.33. The number of likely N-dealkylation sites (tertiary alicyclic amines) is 1. The highest BCUT2D eigenvalue weighted by molar-refractivity contribution is 6.11. The van der Waals surface area contributed by atoms with Crippen LogP contribution in [0.15, 0.2) is 72.9 Å². The number of nitrogens with one attached hydrogen (secondary N) is 1. The molecule has 0 radical (unpaired) electrons. The fraction of sp³-hybridized carbons (Fsp3) is 0.294. The Morgan fingerprint density at radius 1 is 1.07 bits per heavy atom. The van der Waals surface area contributed by atoms with E-state index in [0.717, 1.165) is 68.5 Å². The van der Waals surface area contributed by atoms with Gasteiger partial charge in [0.25, 0.3) is 5.91 Å². The summed E-state index contributed by atoms with van der Waals surface area (Å²) in [4.78, 5) is 20.8. The van der Waals surface area contributed by atoms with Gasteiger partial charge in [-0.15, -0.1) is 0 Å². The number of amides is 1. The third-order valence-electron chi connectivity index (χ3n) is 8.53. The van der Waals surface area contributed by atoms with Gasteiger partial charge in [0, 0.05) is 23.2 Å². The van der Waals surface area contributed by atoms with Crippen molar-refractivity contribution in [3.63, 3.8) is 0 Å². The lowest BCUT2D eigenvalue weighted by Crippen LogP contribution is -2.53. The molecule has 1 aliphatic carbocycles. The Morgan fingerprint density at radius 2 is 1.90 bits per heavy atom. The number of carbonyl (C=O) groups excluding carboxylic acids is 1. The van der Waals surface area contributed by atoms with Crippen LogP contribution in [-0.4, -0.2) is 51.4 Å². The number of fused-ring (bicyclic) bond motifs is 1. The van der Waals surface area contributed by atoms with Crippen molar-refractivity contribution in [1.82, 2.24) is 15.2 Å². The molecule has 2 fully saturated rings. The highest BCUT2D eigenvalue weighted by Gasteiger charge is 2.47. The molecule has 4 aromatic rings. The molecule has 40 heavy (non-hydrogen) atoms. The summed E-state index contributed by atoms with van der Waals surface area (Å²) in [5, 5.41) is 4.52. The molecule has 1 amide bonds. The van der Waals surface area contributed by atoms with Gasteiger partial charge in [-0.2, -0.15) is 0 Å². The maximum absolute atomic E-state index is 13.8. The van der Waals surface area contributed by atoms with Gasteiger partial charge in [0.05, 0.1) is 27.0 Å². The van der Waals surface area contributed by atoms with Crippen LogP contribution >= 0.6 is 0 Å². The quantitative estimate of drug-likeness (QED) is 0.243. The Labute approximate surface area is 239 Å². The first kappa shape index (κ1) is 26.5. The molecule has 1 saturated carbocycles. The highest BCUT2D eigenvalue weighted by Crippen LogP contribution is 2.48. The van der Waals surface area contributed by atoms with Gasteiger partial charge in [-0.05, 0) is 99.3 Å². The lowest BCUT2D eigenvalue weighted by molar-refractivity contribution is 0.0562. The summed E-state index contributed by atoms with van der Waals surface area (Å²) in [5.74, 6) is 0.725. The van der Waals surface area contributed by atoms with Crippen molar-refractivity contribution in [3.8, 4) is 5.75 Å². The number of nitrogens with zero attached hydrogens (tertiary/aromatic N) is 2. The first-order valence-corrected chi connectivity index (χ1v) is 15.4. The Bertz CT molecular complexity index is 1610. The number of rotatable bonds is 8. The zero-order valence-corrected chi connectivity index (χ0v) is 25.8. The van der Waals surface area contributed by atoms with Crippen LogP contribution in [0.4, 0.5) is 0 Å². The molecule has 3 aromatic carbocycles. The molecule has 1 unspecified atom stereocenters. The molecule has 1 saturated heterocycles. The van der Waals surface area contributed by atoms with E-state index in [-0.39, 0.29) is 11.6 Å². The SMILES string of the molecule is Cc1cccc(/C=C/c2cc(C3(NC(=O)c4cc(OC([SiH3])[C@@H]5CCN5C)ccc4C)CC3)c3cccnc3c2)c1. The number of hydrogen-bond acceptors (Lipinski definition) is 4. The summed E-state index contributed by atoms with van der Waals surface area (Å²) in [5.41, 5.74) is 6.99. The van der Waals surface area contributed by atoms with E-state index >= 15 is 0 Å². The zero-order chi connectivity index (χ0) is 27.9. The van der Waals surface area contributed by atoms with Crippen LogP contribution in [0.1, 0.15) is 57.4 Å². The Balaban J connectivity index is 1.28. The van der Waals surface area contributed by atoms with E-state index in [1.165, 1.54) is 12.0 Å². The van der Waals surface area contributed by atoms with E-state index < -0.39 is 5.54 Å². The van der Waals surface area contributed by atoms with E-state index in [1.807, 2.05) is 37.4 Å². The maximum atomic E-state index is 13.8. The maximum Gasteiger partial charge on any atom is 0.252 e. The standard InChI is InChI=1S/C34H37N3O2Si/c1-22-6-4-7-24(18-22)10-11-25-19-29(27-8-5-16-35-30(27)20-25)34(14-15-34)36-32(38)28-21-26(12-9-23(28)2)39-33(40)31-13-17-37(31)3/h4-12,16,18-21,31,33H,13-15,17H2,1-3,40H3,(H,36,38)/b11-10+/t31-,33?/m0/s1. The molecular formula is C34H37N3O2Si. The minimum absolute atomic E-state index is 0.0520. The molecule has 6 rings (SSSR count). The van der Waals surface area contributed by atoms with E-state index in [2.05, 4.69) is 83.8 Å². The van der Waals surface area contributed by atoms with Crippen molar-refractivity contribution < 1.29 is 9.53 Å². The second-order valence-electron chi connectivity index (χ2n) is 11.6.